The SMILES string of the molecule is Nc1cnc2ccccc2c1NCCN1CCCC1. The largest absolute Gasteiger partial charge is 0.396 e. The summed E-state index contributed by atoms with van der Waals surface area (Å²) in [4.78, 5) is 6.84. The number of likely N-dealkylation sites (tertiary alicyclic amines) is 1. The van der Waals surface area contributed by atoms with Gasteiger partial charge >= 0.3 is 0 Å². The molecule has 0 saturated carbocycles. The number of anilines is 2. The number of nitrogen functional groups attached to an aromatic ring is 1. The lowest BCUT2D eigenvalue weighted by Gasteiger charge is -2.17. The maximum Gasteiger partial charge on any atom is 0.0743 e. The van der Waals surface area contributed by atoms with Crippen LogP contribution in [0.25, 0.3) is 10.9 Å². The molecule has 1 aliphatic heterocycles. The molecule has 1 aromatic carbocycles. The summed E-state index contributed by atoms with van der Waals surface area (Å²) < 4.78 is 0. The maximum absolute atomic E-state index is 6.04. The third-order valence-corrected chi connectivity index (χ3v) is 3.73. The fourth-order valence-electron chi connectivity index (χ4n) is 2.70. The van der Waals surface area contributed by atoms with Crippen LogP contribution in [0.4, 0.5) is 11.4 Å². The molecule has 0 unspecified atom stereocenters. The number of fused-ring (bicyclic) bond motifs is 1. The first-order valence-corrected chi connectivity index (χ1v) is 6.94. The highest BCUT2D eigenvalue weighted by molar-refractivity contribution is 5.96. The second kappa shape index (κ2) is 5.45. The first-order valence-electron chi connectivity index (χ1n) is 6.94. The first kappa shape index (κ1) is 12.2. The second-order valence-corrected chi connectivity index (χ2v) is 5.08. The molecule has 100 valence electrons. The monoisotopic (exact) mass is 256 g/mol. The molecule has 3 N–H and O–H groups in total. The molecular weight excluding hydrogens is 236 g/mol. The number of benzene rings is 1. The average Bonchev–Trinajstić information content (AvgIpc) is 2.94. The fourth-order valence-corrected chi connectivity index (χ4v) is 2.70. The van der Waals surface area contributed by atoms with Crippen molar-refractivity contribution in [2.75, 3.05) is 37.2 Å². The Morgan fingerprint density at radius 1 is 1.21 bits per heavy atom. The predicted molar refractivity (Wildman–Crippen MR) is 80.3 cm³/mol. The van der Waals surface area contributed by atoms with E-state index in [2.05, 4.69) is 21.3 Å². The van der Waals surface area contributed by atoms with Gasteiger partial charge in [0.1, 0.15) is 0 Å². The van der Waals surface area contributed by atoms with Crippen LogP contribution in [-0.4, -0.2) is 36.1 Å². The Balaban J connectivity index is 1.74. The molecule has 4 heteroatoms. The molecule has 0 atom stereocenters. The van der Waals surface area contributed by atoms with Crippen molar-refractivity contribution in [2.24, 2.45) is 0 Å². The van der Waals surface area contributed by atoms with E-state index in [9.17, 15) is 0 Å². The lowest BCUT2D eigenvalue weighted by molar-refractivity contribution is 0.353. The van der Waals surface area contributed by atoms with Crippen LogP contribution in [0.3, 0.4) is 0 Å². The van der Waals surface area contributed by atoms with E-state index in [0.717, 1.165) is 35.4 Å². The van der Waals surface area contributed by atoms with Gasteiger partial charge in [-0.3, -0.25) is 4.98 Å². The Bertz CT molecular complexity index is 561. The van der Waals surface area contributed by atoms with Gasteiger partial charge in [-0.2, -0.15) is 0 Å². The van der Waals surface area contributed by atoms with Gasteiger partial charge in [0.2, 0.25) is 0 Å². The van der Waals surface area contributed by atoms with E-state index in [0.29, 0.717) is 0 Å². The molecule has 0 radical (unpaired) electrons. The zero-order chi connectivity index (χ0) is 13.1. The van der Waals surface area contributed by atoms with E-state index in [-0.39, 0.29) is 0 Å². The Hall–Kier alpha value is -1.81. The molecule has 2 aromatic rings. The molecule has 2 heterocycles. The summed E-state index contributed by atoms with van der Waals surface area (Å²) in [6.45, 7) is 4.47. The maximum atomic E-state index is 6.04. The van der Waals surface area contributed by atoms with Gasteiger partial charge in [0.15, 0.2) is 0 Å². The van der Waals surface area contributed by atoms with E-state index in [1.165, 1.54) is 25.9 Å². The summed E-state index contributed by atoms with van der Waals surface area (Å²) in [7, 11) is 0. The van der Waals surface area contributed by atoms with Crippen LogP contribution in [0.15, 0.2) is 30.5 Å². The van der Waals surface area contributed by atoms with Gasteiger partial charge in [0, 0.05) is 18.5 Å². The minimum absolute atomic E-state index is 0.722. The molecule has 1 saturated heterocycles. The number of nitrogens with zero attached hydrogens (tertiary/aromatic N) is 2. The number of para-hydroxylation sites is 1. The zero-order valence-corrected chi connectivity index (χ0v) is 11.1. The van der Waals surface area contributed by atoms with Gasteiger partial charge in [0.25, 0.3) is 0 Å². The van der Waals surface area contributed by atoms with Gasteiger partial charge in [-0.1, -0.05) is 18.2 Å². The summed E-state index contributed by atoms with van der Waals surface area (Å²) >= 11 is 0. The molecule has 0 amide bonds. The number of pyridine rings is 1. The van der Waals surface area contributed by atoms with Crippen molar-refractivity contribution >= 4 is 22.3 Å². The Kier molecular flexibility index (Phi) is 3.51. The number of nitrogens with two attached hydrogens (primary N) is 1. The molecule has 1 aromatic heterocycles. The molecular formula is C15H20N4. The average molecular weight is 256 g/mol. The van der Waals surface area contributed by atoms with E-state index in [1.54, 1.807) is 6.20 Å². The molecule has 19 heavy (non-hydrogen) atoms. The second-order valence-electron chi connectivity index (χ2n) is 5.08. The third kappa shape index (κ3) is 2.63. The van der Waals surface area contributed by atoms with E-state index < -0.39 is 0 Å². The molecule has 1 aliphatic rings. The molecule has 0 spiro atoms. The van der Waals surface area contributed by atoms with Crippen LogP contribution >= 0.6 is 0 Å². The summed E-state index contributed by atoms with van der Waals surface area (Å²) in [5, 5.41) is 4.58. The van der Waals surface area contributed by atoms with Gasteiger partial charge in [-0.15, -0.1) is 0 Å². The van der Waals surface area contributed by atoms with E-state index in [4.69, 9.17) is 5.73 Å². The minimum Gasteiger partial charge on any atom is -0.396 e. The summed E-state index contributed by atoms with van der Waals surface area (Å²) in [5.74, 6) is 0. The first-order chi connectivity index (χ1) is 9.34. The quantitative estimate of drug-likeness (QED) is 0.881. The lowest BCUT2D eigenvalue weighted by Crippen LogP contribution is -2.26. The van der Waals surface area contributed by atoms with Crippen LogP contribution in [-0.2, 0) is 0 Å². The highest BCUT2D eigenvalue weighted by Crippen LogP contribution is 2.27. The van der Waals surface area contributed by atoms with Crippen molar-refractivity contribution in [3.63, 3.8) is 0 Å². The van der Waals surface area contributed by atoms with Crippen LogP contribution in [0, 0.1) is 0 Å². The fraction of sp³-hybridized carbons (Fsp3) is 0.400. The summed E-state index contributed by atoms with van der Waals surface area (Å²) in [6.07, 6.45) is 4.40. The van der Waals surface area contributed by atoms with Crippen molar-refractivity contribution in [1.82, 2.24) is 9.88 Å². The van der Waals surface area contributed by atoms with Gasteiger partial charge in [0.05, 0.1) is 23.1 Å². The smallest absolute Gasteiger partial charge is 0.0743 e. The van der Waals surface area contributed by atoms with Crippen molar-refractivity contribution in [3.05, 3.63) is 30.5 Å². The molecule has 0 aliphatic carbocycles. The van der Waals surface area contributed by atoms with Crippen LogP contribution in [0.1, 0.15) is 12.8 Å². The Morgan fingerprint density at radius 3 is 2.84 bits per heavy atom. The molecule has 3 rings (SSSR count). The molecule has 1 fully saturated rings. The molecule has 0 bridgehead atoms. The Labute approximate surface area is 113 Å². The predicted octanol–water partition coefficient (Wildman–Crippen LogP) is 2.32. The number of nitrogens with one attached hydrogen (secondary N) is 1. The topological polar surface area (TPSA) is 54.2 Å². The number of rotatable bonds is 4. The zero-order valence-electron chi connectivity index (χ0n) is 11.1. The van der Waals surface area contributed by atoms with Gasteiger partial charge in [-0.25, -0.2) is 0 Å². The standard InChI is InChI=1S/C15H20N4/c16-13-11-18-14-6-2-1-5-12(14)15(13)17-7-10-19-8-3-4-9-19/h1-2,5-6,11H,3-4,7-10,16H2,(H,17,18). The van der Waals surface area contributed by atoms with Crippen LogP contribution in [0.2, 0.25) is 0 Å². The van der Waals surface area contributed by atoms with Crippen molar-refractivity contribution in [3.8, 4) is 0 Å². The number of hydrogen-bond acceptors (Lipinski definition) is 4. The number of hydrogen-bond donors (Lipinski definition) is 2. The van der Waals surface area contributed by atoms with Crippen molar-refractivity contribution < 1.29 is 0 Å². The number of aromatic nitrogens is 1. The van der Waals surface area contributed by atoms with Gasteiger partial charge in [-0.05, 0) is 32.0 Å². The minimum atomic E-state index is 0.722. The van der Waals surface area contributed by atoms with Crippen LogP contribution < -0.4 is 11.1 Å². The lowest BCUT2D eigenvalue weighted by atomic mass is 10.1. The van der Waals surface area contributed by atoms with E-state index in [1.807, 2.05) is 18.2 Å². The van der Waals surface area contributed by atoms with Crippen LogP contribution in [0.5, 0.6) is 0 Å². The summed E-state index contributed by atoms with van der Waals surface area (Å²) in [5.41, 5.74) is 8.77. The van der Waals surface area contributed by atoms with Gasteiger partial charge < -0.3 is 16.0 Å². The highest BCUT2D eigenvalue weighted by atomic mass is 15.1. The normalized spacial score (nSPS) is 16.0. The Morgan fingerprint density at radius 2 is 2.00 bits per heavy atom. The van der Waals surface area contributed by atoms with Crippen molar-refractivity contribution in [1.29, 1.82) is 0 Å². The third-order valence-electron chi connectivity index (χ3n) is 3.73. The van der Waals surface area contributed by atoms with E-state index >= 15 is 0 Å². The molecule has 4 nitrogen and oxygen atoms in total. The van der Waals surface area contributed by atoms with Crippen molar-refractivity contribution in [2.45, 2.75) is 12.8 Å². The summed E-state index contributed by atoms with van der Waals surface area (Å²) in [6, 6.07) is 8.10. The highest BCUT2D eigenvalue weighted by Gasteiger charge is 2.11.